The fourth-order valence-corrected chi connectivity index (χ4v) is 1.50. The van der Waals surface area contributed by atoms with Crippen molar-refractivity contribution in [1.29, 1.82) is 0 Å². The number of fused-ring (bicyclic) bond motifs is 1. The van der Waals surface area contributed by atoms with Crippen molar-refractivity contribution in [3.05, 3.63) is 29.1 Å². The molecule has 3 N–H and O–H groups in total. The molecule has 1 aromatic rings. The number of pyridine rings is 1. The first-order valence-electron chi connectivity index (χ1n) is 4.28. The molecule has 0 unspecified atom stereocenters. The molecule has 0 spiro atoms. The summed E-state index contributed by atoms with van der Waals surface area (Å²) in [6.07, 6.45) is 1.09. The van der Waals surface area contributed by atoms with E-state index in [0.29, 0.717) is 6.54 Å². The van der Waals surface area contributed by atoms with Crippen LogP contribution in [0.1, 0.15) is 17.0 Å². The number of nitrogens with one attached hydrogen (secondary N) is 1. The Bertz CT molecular complexity index is 283. The summed E-state index contributed by atoms with van der Waals surface area (Å²) in [5.41, 5.74) is 9.02. The average molecular weight is 163 g/mol. The number of nitrogens with zero attached hydrogens (tertiary/aromatic N) is 1. The molecule has 1 aromatic heterocycles. The van der Waals surface area contributed by atoms with Crippen molar-refractivity contribution < 1.29 is 0 Å². The van der Waals surface area contributed by atoms with E-state index in [0.717, 1.165) is 25.2 Å². The standard InChI is InChI=1S/C9H13N3/c10-5-8-2-1-7-3-4-11-6-9(7)12-8/h1-2,11H,3-6,10H2. The van der Waals surface area contributed by atoms with Gasteiger partial charge in [0.1, 0.15) is 0 Å². The van der Waals surface area contributed by atoms with Gasteiger partial charge in [0, 0.05) is 13.1 Å². The molecule has 0 fully saturated rings. The monoisotopic (exact) mass is 163 g/mol. The van der Waals surface area contributed by atoms with Gasteiger partial charge in [0.2, 0.25) is 0 Å². The summed E-state index contributed by atoms with van der Waals surface area (Å²) in [5.74, 6) is 0. The van der Waals surface area contributed by atoms with Crippen LogP contribution in [0, 0.1) is 0 Å². The Kier molecular flexibility index (Phi) is 2.06. The van der Waals surface area contributed by atoms with Crippen molar-refractivity contribution in [2.24, 2.45) is 5.73 Å². The van der Waals surface area contributed by atoms with Crippen LogP contribution in [0.3, 0.4) is 0 Å². The summed E-state index contributed by atoms with van der Waals surface area (Å²) in [6, 6.07) is 4.16. The van der Waals surface area contributed by atoms with Crippen LogP contribution in [-0.2, 0) is 19.5 Å². The highest BCUT2D eigenvalue weighted by Crippen LogP contribution is 2.11. The van der Waals surface area contributed by atoms with E-state index in [1.807, 2.05) is 6.07 Å². The number of rotatable bonds is 1. The average Bonchev–Trinajstić information content (AvgIpc) is 2.17. The molecule has 3 nitrogen and oxygen atoms in total. The molecule has 0 saturated heterocycles. The van der Waals surface area contributed by atoms with Gasteiger partial charge >= 0.3 is 0 Å². The summed E-state index contributed by atoms with van der Waals surface area (Å²) in [6.45, 7) is 2.49. The van der Waals surface area contributed by atoms with Crippen molar-refractivity contribution in [2.75, 3.05) is 6.54 Å². The highest BCUT2D eigenvalue weighted by Gasteiger charge is 2.09. The zero-order chi connectivity index (χ0) is 8.39. The Balaban J connectivity index is 2.36. The second-order valence-electron chi connectivity index (χ2n) is 3.04. The lowest BCUT2D eigenvalue weighted by Gasteiger charge is -2.16. The first-order chi connectivity index (χ1) is 5.90. The first kappa shape index (κ1) is 7.71. The predicted molar refractivity (Wildman–Crippen MR) is 47.5 cm³/mol. The minimum atomic E-state index is 0.535. The number of hydrogen-bond acceptors (Lipinski definition) is 3. The van der Waals surface area contributed by atoms with Crippen LogP contribution in [-0.4, -0.2) is 11.5 Å². The molecule has 0 radical (unpaired) electrons. The van der Waals surface area contributed by atoms with E-state index in [4.69, 9.17) is 5.73 Å². The highest BCUT2D eigenvalue weighted by molar-refractivity contribution is 5.25. The molecular weight excluding hydrogens is 150 g/mol. The van der Waals surface area contributed by atoms with E-state index in [-0.39, 0.29) is 0 Å². The van der Waals surface area contributed by atoms with Gasteiger partial charge in [0.15, 0.2) is 0 Å². The Hall–Kier alpha value is -0.930. The van der Waals surface area contributed by atoms with E-state index < -0.39 is 0 Å². The Morgan fingerprint density at radius 2 is 2.42 bits per heavy atom. The first-order valence-corrected chi connectivity index (χ1v) is 4.28. The van der Waals surface area contributed by atoms with E-state index in [9.17, 15) is 0 Å². The summed E-state index contributed by atoms with van der Waals surface area (Å²) >= 11 is 0. The van der Waals surface area contributed by atoms with Gasteiger partial charge in [-0.2, -0.15) is 0 Å². The fraction of sp³-hybridized carbons (Fsp3) is 0.444. The van der Waals surface area contributed by atoms with E-state index in [2.05, 4.69) is 16.4 Å². The lowest BCUT2D eigenvalue weighted by atomic mass is 10.1. The van der Waals surface area contributed by atoms with Gasteiger partial charge in [-0.15, -0.1) is 0 Å². The number of aromatic nitrogens is 1. The second kappa shape index (κ2) is 3.21. The lowest BCUT2D eigenvalue weighted by Crippen LogP contribution is -2.25. The van der Waals surface area contributed by atoms with Gasteiger partial charge < -0.3 is 11.1 Å². The molecule has 12 heavy (non-hydrogen) atoms. The van der Waals surface area contributed by atoms with Crippen LogP contribution in [0.5, 0.6) is 0 Å². The largest absolute Gasteiger partial charge is 0.325 e. The molecule has 2 heterocycles. The Labute approximate surface area is 72.0 Å². The van der Waals surface area contributed by atoms with E-state index in [1.54, 1.807) is 0 Å². The zero-order valence-electron chi connectivity index (χ0n) is 7.01. The van der Waals surface area contributed by atoms with Crippen molar-refractivity contribution >= 4 is 0 Å². The smallest absolute Gasteiger partial charge is 0.0577 e. The van der Waals surface area contributed by atoms with Crippen LogP contribution < -0.4 is 11.1 Å². The molecule has 0 saturated carbocycles. The van der Waals surface area contributed by atoms with Crippen molar-refractivity contribution in [1.82, 2.24) is 10.3 Å². The number of nitrogens with two attached hydrogens (primary N) is 1. The van der Waals surface area contributed by atoms with Crippen molar-refractivity contribution in [2.45, 2.75) is 19.5 Å². The third-order valence-electron chi connectivity index (χ3n) is 2.20. The maximum absolute atomic E-state index is 5.50. The van der Waals surface area contributed by atoms with Crippen molar-refractivity contribution in [3.63, 3.8) is 0 Å². The normalized spacial score (nSPS) is 15.8. The maximum atomic E-state index is 5.50. The van der Waals surface area contributed by atoms with E-state index >= 15 is 0 Å². The molecule has 1 aliphatic heterocycles. The summed E-state index contributed by atoms with van der Waals surface area (Å²) < 4.78 is 0. The molecule has 3 heteroatoms. The topological polar surface area (TPSA) is 50.9 Å². The van der Waals surface area contributed by atoms with Gasteiger partial charge in [0.25, 0.3) is 0 Å². The minimum absolute atomic E-state index is 0.535. The molecule has 1 aliphatic rings. The number of hydrogen-bond donors (Lipinski definition) is 2. The van der Waals surface area contributed by atoms with Crippen LogP contribution in [0.4, 0.5) is 0 Å². The molecule has 2 rings (SSSR count). The quantitative estimate of drug-likeness (QED) is 0.621. The van der Waals surface area contributed by atoms with Gasteiger partial charge in [-0.25, -0.2) is 0 Å². The zero-order valence-corrected chi connectivity index (χ0v) is 7.01. The fourth-order valence-electron chi connectivity index (χ4n) is 1.50. The van der Waals surface area contributed by atoms with Crippen LogP contribution in [0.2, 0.25) is 0 Å². The molecule has 0 aliphatic carbocycles. The van der Waals surface area contributed by atoms with Gasteiger partial charge in [0.05, 0.1) is 11.4 Å². The Morgan fingerprint density at radius 3 is 3.25 bits per heavy atom. The SMILES string of the molecule is NCc1ccc2c(n1)CNCC2. The minimum Gasteiger partial charge on any atom is -0.325 e. The van der Waals surface area contributed by atoms with E-state index in [1.165, 1.54) is 11.3 Å². The maximum Gasteiger partial charge on any atom is 0.0577 e. The lowest BCUT2D eigenvalue weighted by molar-refractivity contribution is 0.623. The predicted octanol–water partition coefficient (Wildman–Crippen LogP) is 0.186. The Morgan fingerprint density at radius 1 is 1.50 bits per heavy atom. The second-order valence-corrected chi connectivity index (χ2v) is 3.04. The van der Waals surface area contributed by atoms with Crippen molar-refractivity contribution in [3.8, 4) is 0 Å². The molecule has 0 aromatic carbocycles. The molecule has 64 valence electrons. The molecule has 0 bridgehead atoms. The van der Waals surface area contributed by atoms with Gasteiger partial charge in [-0.1, -0.05) is 6.07 Å². The molecule has 0 amide bonds. The van der Waals surface area contributed by atoms with Gasteiger partial charge in [-0.3, -0.25) is 4.98 Å². The third kappa shape index (κ3) is 1.33. The molecule has 0 atom stereocenters. The van der Waals surface area contributed by atoms with Crippen LogP contribution in [0.25, 0.3) is 0 Å². The van der Waals surface area contributed by atoms with Crippen LogP contribution in [0.15, 0.2) is 12.1 Å². The van der Waals surface area contributed by atoms with Crippen LogP contribution >= 0.6 is 0 Å². The van der Waals surface area contributed by atoms with Gasteiger partial charge in [-0.05, 0) is 24.6 Å². The highest BCUT2D eigenvalue weighted by atomic mass is 14.9. The summed E-state index contributed by atoms with van der Waals surface area (Å²) in [4.78, 5) is 4.44. The summed E-state index contributed by atoms with van der Waals surface area (Å²) in [5, 5.41) is 3.29. The third-order valence-corrected chi connectivity index (χ3v) is 2.20. The molecular formula is C9H13N3. The summed E-state index contributed by atoms with van der Waals surface area (Å²) in [7, 11) is 0.